The molecule has 0 aliphatic carbocycles. The number of benzene rings is 1. The second-order valence-corrected chi connectivity index (χ2v) is 9.41. The Labute approximate surface area is 206 Å². The molecule has 1 saturated heterocycles. The van der Waals surface area contributed by atoms with E-state index >= 15 is 0 Å². The van der Waals surface area contributed by atoms with E-state index in [1.807, 2.05) is 31.2 Å². The van der Waals surface area contributed by atoms with Crippen LogP contribution in [0.4, 0.5) is 11.5 Å². The van der Waals surface area contributed by atoms with Crippen LogP contribution in [0.5, 0.6) is 0 Å². The maximum absolute atomic E-state index is 13.1. The molecule has 3 aromatic heterocycles. The monoisotopic (exact) mass is 487 g/mol. The molecule has 176 valence electrons. The van der Waals surface area contributed by atoms with Gasteiger partial charge in [0, 0.05) is 37.4 Å². The Morgan fingerprint density at radius 3 is 2.60 bits per heavy atom. The van der Waals surface area contributed by atoms with E-state index in [9.17, 15) is 14.7 Å². The first-order valence-electron chi connectivity index (χ1n) is 11.4. The van der Waals surface area contributed by atoms with Crippen molar-refractivity contribution in [2.24, 2.45) is 0 Å². The fourth-order valence-corrected chi connectivity index (χ4v) is 5.09. The summed E-state index contributed by atoms with van der Waals surface area (Å²) in [6.07, 6.45) is 6.05. The van der Waals surface area contributed by atoms with Gasteiger partial charge in [-0.15, -0.1) is 0 Å². The van der Waals surface area contributed by atoms with E-state index < -0.39 is 11.4 Å². The number of halogens is 1. The quantitative estimate of drug-likeness (QED) is 0.462. The molecule has 0 atom stereocenters. The van der Waals surface area contributed by atoms with Gasteiger partial charge in [0.1, 0.15) is 11.4 Å². The van der Waals surface area contributed by atoms with Gasteiger partial charge in [0.05, 0.1) is 40.3 Å². The number of hydrogen-bond donors (Lipinski definition) is 1. The zero-order chi connectivity index (χ0) is 24.3. The molecular formula is C26H22ClN5O3. The van der Waals surface area contributed by atoms with Gasteiger partial charge in [0.15, 0.2) is 0 Å². The van der Waals surface area contributed by atoms with Crippen LogP contribution in [-0.2, 0) is 13.1 Å². The molecule has 6 rings (SSSR count). The SMILES string of the molecule is Cc1cc(N2CCC2)ncc1-n1cc(C(=O)O)c(=O)c2cc(Cl)c(N3Cc4cccnc4C3)cc21. The Morgan fingerprint density at radius 2 is 1.91 bits per heavy atom. The second kappa shape index (κ2) is 8.09. The molecule has 1 N–H and O–H groups in total. The summed E-state index contributed by atoms with van der Waals surface area (Å²) in [5.74, 6) is -0.387. The molecule has 0 unspecified atom stereocenters. The molecule has 1 fully saturated rings. The molecule has 0 saturated carbocycles. The van der Waals surface area contributed by atoms with Gasteiger partial charge in [0.2, 0.25) is 5.43 Å². The number of aromatic nitrogens is 3. The molecule has 4 aromatic rings. The highest BCUT2D eigenvalue weighted by molar-refractivity contribution is 6.34. The molecule has 0 amide bonds. The van der Waals surface area contributed by atoms with Gasteiger partial charge in [-0.3, -0.25) is 9.78 Å². The highest BCUT2D eigenvalue weighted by Crippen LogP contribution is 2.36. The number of aryl methyl sites for hydroxylation is 1. The van der Waals surface area contributed by atoms with Crippen molar-refractivity contribution >= 4 is 40.0 Å². The largest absolute Gasteiger partial charge is 0.477 e. The summed E-state index contributed by atoms with van der Waals surface area (Å²) in [6, 6.07) is 9.39. The minimum atomic E-state index is -1.28. The topological polar surface area (TPSA) is 91.6 Å². The van der Waals surface area contributed by atoms with Crippen molar-refractivity contribution in [1.82, 2.24) is 14.5 Å². The van der Waals surface area contributed by atoms with Crippen molar-refractivity contribution in [3.05, 3.63) is 86.6 Å². The fourth-order valence-electron chi connectivity index (χ4n) is 4.80. The van der Waals surface area contributed by atoms with Gasteiger partial charge in [-0.25, -0.2) is 9.78 Å². The van der Waals surface area contributed by atoms with E-state index in [0.717, 1.165) is 47.8 Å². The van der Waals surface area contributed by atoms with Gasteiger partial charge in [-0.1, -0.05) is 17.7 Å². The average Bonchev–Trinajstić information content (AvgIpc) is 3.22. The minimum Gasteiger partial charge on any atom is -0.477 e. The summed E-state index contributed by atoms with van der Waals surface area (Å²) in [5, 5.41) is 10.4. The number of hydrogen-bond acceptors (Lipinski definition) is 6. The van der Waals surface area contributed by atoms with Gasteiger partial charge in [-0.05, 0) is 48.7 Å². The Morgan fingerprint density at radius 1 is 1.09 bits per heavy atom. The van der Waals surface area contributed by atoms with Gasteiger partial charge in [-0.2, -0.15) is 0 Å². The Bertz CT molecular complexity index is 1550. The molecule has 5 heterocycles. The first kappa shape index (κ1) is 21.6. The number of anilines is 2. The van der Waals surface area contributed by atoms with E-state index in [-0.39, 0.29) is 10.9 Å². The normalized spacial score (nSPS) is 14.8. The molecule has 9 heteroatoms. The van der Waals surface area contributed by atoms with Crippen LogP contribution < -0.4 is 15.2 Å². The van der Waals surface area contributed by atoms with Crippen molar-refractivity contribution in [2.75, 3.05) is 22.9 Å². The number of aromatic carboxylic acids is 1. The molecule has 2 aliphatic heterocycles. The first-order chi connectivity index (χ1) is 16.9. The molecule has 35 heavy (non-hydrogen) atoms. The third-order valence-electron chi connectivity index (χ3n) is 6.84. The lowest BCUT2D eigenvalue weighted by Crippen LogP contribution is -2.37. The van der Waals surface area contributed by atoms with Gasteiger partial charge >= 0.3 is 5.97 Å². The van der Waals surface area contributed by atoms with Crippen molar-refractivity contribution in [3.8, 4) is 5.69 Å². The number of pyridine rings is 3. The Balaban J connectivity index is 1.54. The van der Waals surface area contributed by atoms with Crippen LogP contribution in [0.1, 0.15) is 33.6 Å². The van der Waals surface area contributed by atoms with Crippen molar-refractivity contribution in [3.63, 3.8) is 0 Å². The number of carboxylic acid groups (broad SMARTS) is 1. The Hall–Kier alpha value is -3.91. The van der Waals surface area contributed by atoms with E-state index in [4.69, 9.17) is 11.6 Å². The lowest BCUT2D eigenvalue weighted by Gasteiger charge is -2.32. The zero-order valence-corrected chi connectivity index (χ0v) is 19.8. The number of carbonyl (C=O) groups is 1. The number of rotatable bonds is 4. The van der Waals surface area contributed by atoms with Crippen LogP contribution in [0.15, 0.2) is 53.7 Å². The Kier molecular flexibility index (Phi) is 5.00. The zero-order valence-electron chi connectivity index (χ0n) is 19.0. The summed E-state index contributed by atoms with van der Waals surface area (Å²) < 4.78 is 1.74. The molecule has 1 aromatic carbocycles. The molecular weight excluding hydrogens is 466 g/mol. The number of fused-ring (bicyclic) bond motifs is 2. The summed E-state index contributed by atoms with van der Waals surface area (Å²) in [5.41, 5.74) is 4.21. The highest BCUT2D eigenvalue weighted by Gasteiger charge is 2.25. The van der Waals surface area contributed by atoms with Crippen LogP contribution in [0, 0.1) is 6.92 Å². The molecule has 8 nitrogen and oxygen atoms in total. The summed E-state index contributed by atoms with van der Waals surface area (Å²) >= 11 is 6.66. The molecule has 2 aliphatic rings. The molecule has 0 radical (unpaired) electrons. The lowest BCUT2D eigenvalue weighted by molar-refractivity contribution is 0.0695. The number of nitrogens with zero attached hydrogens (tertiary/aromatic N) is 5. The van der Waals surface area contributed by atoms with E-state index in [1.165, 1.54) is 6.20 Å². The maximum atomic E-state index is 13.1. The van der Waals surface area contributed by atoms with Crippen molar-refractivity contribution in [1.29, 1.82) is 0 Å². The van der Waals surface area contributed by atoms with Gasteiger partial charge in [0.25, 0.3) is 0 Å². The van der Waals surface area contributed by atoms with E-state index in [0.29, 0.717) is 29.3 Å². The second-order valence-electron chi connectivity index (χ2n) is 9.00. The van der Waals surface area contributed by atoms with Crippen LogP contribution in [0.3, 0.4) is 0 Å². The van der Waals surface area contributed by atoms with Crippen molar-refractivity contribution < 1.29 is 9.90 Å². The summed E-state index contributed by atoms with van der Waals surface area (Å²) in [6.45, 7) is 5.17. The van der Waals surface area contributed by atoms with E-state index in [1.54, 1.807) is 23.0 Å². The third-order valence-corrected chi connectivity index (χ3v) is 7.14. The number of carboxylic acids is 1. The van der Waals surface area contributed by atoms with Crippen molar-refractivity contribution in [2.45, 2.75) is 26.4 Å². The summed E-state index contributed by atoms with van der Waals surface area (Å²) in [4.78, 5) is 38.4. The molecule has 0 bridgehead atoms. The minimum absolute atomic E-state index is 0.250. The fraction of sp³-hybridized carbons (Fsp3) is 0.231. The summed E-state index contributed by atoms with van der Waals surface area (Å²) in [7, 11) is 0. The van der Waals surface area contributed by atoms with Crippen LogP contribution >= 0.6 is 11.6 Å². The highest BCUT2D eigenvalue weighted by atomic mass is 35.5. The van der Waals surface area contributed by atoms with Gasteiger partial charge < -0.3 is 19.5 Å². The molecule has 0 spiro atoms. The third kappa shape index (κ3) is 3.52. The predicted octanol–water partition coefficient (Wildman–Crippen LogP) is 4.17. The van der Waals surface area contributed by atoms with Crippen LogP contribution in [-0.4, -0.2) is 38.7 Å². The van der Waals surface area contributed by atoms with Crippen LogP contribution in [0.2, 0.25) is 5.02 Å². The maximum Gasteiger partial charge on any atom is 0.341 e. The average molecular weight is 488 g/mol. The van der Waals surface area contributed by atoms with Crippen LogP contribution in [0.25, 0.3) is 16.6 Å². The predicted molar refractivity (Wildman–Crippen MR) is 135 cm³/mol. The first-order valence-corrected chi connectivity index (χ1v) is 11.8. The smallest absolute Gasteiger partial charge is 0.341 e. The lowest BCUT2D eigenvalue weighted by atomic mass is 10.1. The van der Waals surface area contributed by atoms with E-state index in [2.05, 4.69) is 19.8 Å². The standard InChI is InChI=1S/C26H22ClN5O3/c1-15-8-24(30-6-3-7-30)29-11-23(15)32-13-18(26(34)35)25(33)17-9-19(27)22(10-21(17)32)31-12-16-4-2-5-28-20(16)14-31/h2,4-5,8-11,13H,3,6-7,12,14H2,1H3,(H,34,35).